The van der Waals surface area contributed by atoms with Crippen molar-refractivity contribution in [1.82, 2.24) is 19.5 Å². The third-order valence-corrected chi connectivity index (χ3v) is 13.6. The van der Waals surface area contributed by atoms with Crippen molar-refractivity contribution < 1.29 is 13.3 Å². The standard InChI is InChI=1S/C61H34N4O3/c1-2-13-36-31-52-50(30-35(36)12-1)40-14-3-7-20-51(40)65(52)39-26-29-48(49(34-39)47-19-11-18-46-43-17-6-10-23-55(43)68-58(46)47)61-63-59(37-24-27-44-41-15-4-8-21-53(41)66-56(44)32-37)62-60(64-61)38-25-28-45-42-16-5-9-22-54(42)67-57(45)33-38/h1-34H. The molecule has 0 fully saturated rings. The molecule has 0 aliphatic carbocycles. The Kier molecular flexibility index (Phi) is 7.65. The quantitative estimate of drug-likeness (QED) is 0.171. The number of benzene rings is 10. The van der Waals surface area contributed by atoms with Crippen molar-refractivity contribution in [3.05, 3.63) is 206 Å². The molecule has 7 nitrogen and oxygen atoms in total. The smallest absolute Gasteiger partial charge is 0.164 e. The maximum Gasteiger partial charge on any atom is 0.164 e. The number of rotatable bonds is 5. The van der Waals surface area contributed by atoms with Crippen molar-refractivity contribution in [3.63, 3.8) is 0 Å². The average Bonchev–Trinajstić information content (AvgIpc) is 4.16. The van der Waals surface area contributed by atoms with Gasteiger partial charge in [-0.15, -0.1) is 0 Å². The highest BCUT2D eigenvalue weighted by Crippen LogP contribution is 2.43. The number of hydrogen-bond acceptors (Lipinski definition) is 6. The van der Waals surface area contributed by atoms with Crippen LogP contribution < -0.4 is 0 Å². The lowest BCUT2D eigenvalue weighted by Crippen LogP contribution is -2.02. The van der Waals surface area contributed by atoms with Crippen LogP contribution in [0.15, 0.2) is 220 Å². The predicted octanol–water partition coefficient (Wildman–Crippen LogP) is 16.5. The zero-order chi connectivity index (χ0) is 44.5. The number of aromatic nitrogens is 4. The van der Waals surface area contributed by atoms with Crippen LogP contribution in [0.3, 0.4) is 0 Å². The van der Waals surface area contributed by atoms with Crippen LogP contribution in [0.1, 0.15) is 0 Å². The normalized spacial score (nSPS) is 12.1. The van der Waals surface area contributed by atoms with Gasteiger partial charge in [-0.05, 0) is 95.2 Å². The van der Waals surface area contributed by atoms with Crippen LogP contribution in [0, 0.1) is 0 Å². The van der Waals surface area contributed by atoms with Gasteiger partial charge < -0.3 is 17.8 Å². The summed E-state index contributed by atoms with van der Waals surface area (Å²) in [6.07, 6.45) is 0. The summed E-state index contributed by atoms with van der Waals surface area (Å²) >= 11 is 0. The van der Waals surface area contributed by atoms with E-state index < -0.39 is 0 Å². The third kappa shape index (κ3) is 5.50. The Morgan fingerprint density at radius 2 is 0.824 bits per heavy atom. The van der Waals surface area contributed by atoms with E-state index in [0.717, 1.165) is 110 Å². The average molecular weight is 871 g/mol. The highest BCUT2D eigenvalue weighted by molar-refractivity contribution is 6.15. The van der Waals surface area contributed by atoms with Crippen molar-refractivity contribution in [2.75, 3.05) is 0 Å². The minimum absolute atomic E-state index is 0.516. The molecule has 15 aromatic rings. The SMILES string of the molecule is c1ccc2cc3c(cc2c1)c1ccccc1n3-c1ccc(-c2nc(-c3ccc4c(c3)oc3ccccc34)nc(-c3ccc4c(c3)oc3ccccc34)n2)c(-c2cccc3c2oc2ccccc23)c1. The molecular formula is C61H34N4O3. The Balaban J connectivity index is 1.01. The molecule has 0 saturated heterocycles. The van der Waals surface area contributed by atoms with E-state index in [1.807, 2.05) is 60.7 Å². The molecule has 316 valence electrons. The maximum absolute atomic E-state index is 6.79. The molecule has 0 spiro atoms. The first kappa shape index (κ1) is 36.9. The molecule has 0 unspecified atom stereocenters. The lowest BCUT2D eigenvalue weighted by Gasteiger charge is -2.16. The Labute approximate surface area is 386 Å². The molecule has 0 atom stereocenters. The Hall–Kier alpha value is -9.33. The summed E-state index contributed by atoms with van der Waals surface area (Å²) in [5, 5.41) is 11.0. The molecule has 5 heterocycles. The number of nitrogens with zero attached hydrogens (tertiary/aromatic N) is 4. The van der Waals surface area contributed by atoms with Crippen LogP contribution in [0.5, 0.6) is 0 Å². The number of fused-ring (bicyclic) bond motifs is 13. The molecule has 68 heavy (non-hydrogen) atoms. The first-order valence-electron chi connectivity index (χ1n) is 22.7. The van der Waals surface area contributed by atoms with Crippen LogP contribution in [-0.2, 0) is 0 Å². The molecule has 0 amide bonds. The van der Waals surface area contributed by atoms with Crippen molar-refractivity contribution in [1.29, 1.82) is 0 Å². The van der Waals surface area contributed by atoms with Crippen LogP contribution in [0.25, 0.3) is 149 Å². The predicted molar refractivity (Wildman–Crippen MR) is 275 cm³/mol. The molecule has 0 N–H and O–H groups in total. The number of furan rings is 3. The molecular weight excluding hydrogens is 837 g/mol. The second kappa shape index (κ2) is 14.1. The molecule has 0 aliphatic rings. The van der Waals surface area contributed by atoms with Crippen LogP contribution in [0.2, 0.25) is 0 Å². The topological polar surface area (TPSA) is 83.0 Å². The summed E-state index contributed by atoms with van der Waals surface area (Å²) in [5.74, 6) is 1.55. The van der Waals surface area contributed by atoms with E-state index in [-0.39, 0.29) is 0 Å². The Morgan fingerprint density at radius 3 is 1.50 bits per heavy atom. The Morgan fingerprint density at radius 1 is 0.294 bits per heavy atom. The van der Waals surface area contributed by atoms with Crippen molar-refractivity contribution in [2.45, 2.75) is 0 Å². The van der Waals surface area contributed by atoms with E-state index in [1.54, 1.807) is 0 Å². The van der Waals surface area contributed by atoms with E-state index in [4.69, 9.17) is 28.2 Å². The van der Waals surface area contributed by atoms with Crippen LogP contribution in [-0.4, -0.2) is 19.5 Å². The number of para-hydroxylation sites is 5. The molecule has 0 saturated carbocycles. The van der Waals surface area contributed by atoms with Gasteiger partial charge in [0.15, 0.2) is 17.5 Å². The molecule has 15 rings (SSSR count). The van der Waals surface area contributed by atoms with Crippen LogP contribution in [0.4, 0.5) is 0 Å². The third-order valence-electron chi connectivity index (χ3n) is 13.6. The van der Waals surface area contributed by atoms with Gasteiger partial charge >= 0.3 is 0 Å². The van der Waals surface area contributed by atoms with Crippen LogP contribution >= 0.6 is 0 Å². The van der Waals surface area contributed by atoms with E-state index >= 15 is 0 Å². The van der Waals surface area contributed by atoms with E-state index in [1.165, 1.54) is 21.5 Å². The summed E-state index contributed by atoms with van der Waals surface area (Å²) in [6, 6.07) is 71.7. The molecule has 5 aromatic heterocycles. The second-order valence-electron chi connectivity index (χ2n) is 17.5. The van der Waals surface area contributed by atoms with Crippen molar-refractivity contribution in [3.8, 4) is 51.0 Å². The first-order valence-corrected chi connectivity index (χ1v) is 22.7. The summed E-state index contributed by atoms with van der Waals surface area (Å²) in [7, 11) is 0. The summed E-state index contributed by atoms with van der Waals surface area (Å²) in [4.78, 5) is 16.0. The monoisotopic (exact) mass is 870 g/mol. The zero-order valence-corrected chi connectivity index (χ0v) is 36.1. The molecule has 0 bridgehead atoms. The van der Waals surface area contributed by atoms with Gasteiger partial charge in [-0.2, -0.15) is 0 Å². The van der Waals surface area contributed by atoms with Gasteiger partial charge in [-0.1, -0.05) is 127 Å². The van der Waals surface area contributed by atoms with E-state index in [2.05, 4.69) is 150 Å². The maximum atomic E-state index is 6.79. The summed E-state index contributed by atoms with van der Waals surface area (Å²) in [6.45, 7) is 0. The van der Waals surface area contributed by atoms with Gasteiger partial charge in [-0.25, -0.2) is 15.0 Å². The summed E-state index contributed by atoms with van der Waals surface area (Å²) in [5.41, 5.74) is 12.3. The lowest BCUT2D eigenvalue weighted by molar-refractivity contribution is 0.668. The highest BCUT2D eigenvalue weighted by atomic mass is 16.3. The highest BCUT2D eigenvalue weighted by Gasteiger charge is 2.23. The van der Waals surface area contributed by atoms with E-state index in [9.17, 15) is 0 Å². The first-order chi connectivity index (χ1) is 33.7. The number of hydrogen-bond donors (Lipinski definition) is 0. The fourth-order valence-electron chi connectivity index (χ4n) is 10.5. The fourth-order valence-corrected chi connectivity index (χ4v) is 10.5. The molecule has 0 aliphatic heterocycles. The van der Waals surface area contributed by atoms with Gasteiger partial charge in [0.2, 0.25) is 0 Å². The lowest BCUT2D eigenvalue weighted by atomic mass is 9.96. The molecule has 10 aromatic carbocycles. The zero-order valence-electron chi connectivity index (χ0n) is 36.1. The van der Waals surface area contributed by atoms with Gasteiger partial charge in [-0.3, -0.25) is 0 Å². The Bertz CT molecular complexity index is 4460. The van der Waals surface area contributed by atoms with Crippen molar-refractivity contribution in [2.24, 2.45) is 0 Å². The van der Waals surface area contributed by atoms with E-state index in [0.29, 0.717) is 17.5 Å². The minimum atomic E-state index is 0.516. The second-order valence-corrected chi connectivity index (χ2v) is 17.5. The van der Waals surface area contributed by atoms with Crippen molar-refractivity contribution >= 4 is 98.4 Å². The van der Waals surface area contributed by atoms with Gasteiger partial charge in [0.1, 0.15) is 33.5 Å². The minimum Gasteiger partial charge on any atom is -0.456 e. The fraction of sp³-hybridized carbons (Fsp3) is 0. The van der Waals surface area contributed by atoms with Gasteiger partial charge in [0.05, 0.1) is 11.0 Å². The molecule has 0 radical (unpaired) electrons. The van der Waals surface area contributed by atoms with Gasteiger partial charge in [0.25, 0.3) is 0 Å². The summed E-state index contributed by atoms with van der Waals surface area (Å²) < 4.78 is 22.0. The van der Waals surface area contributed by atoms with Gasteiger partial charge in [0, 0.05) is 71.0 Å². The molecule has 7 heteroatoms. The largest absolute Gasteiger partial charge is 0.456 e.